The normalized spacial score (nSPS) is 12.5. The van der Waals surface area contributed by atoms with E-state index in [9.17, 15) is 0 Å². The van der Waals surface area contributed by atoms with E-state index >= 15 is 0 Å². The summed E-state index contributed by atoms with van der Waals surface area (Å²) in [6.45, 7) is 4.12. The fourth-order valence-electron chi connectivity index (χ4n) is 3.30. The molecule has 0 unspecified atom stereocenters. The maximum absolute atomic E-state index is 3.78. The summed E-state index contributed by atoms with van der Waals surface area (Å²) in [5.41, 5.74) is 1.36. The van der Waals surface area contributed by atoms with Crippen LogP contribution in [0.2, 0.25) is 0 Å². The smallest absolute Gasteiger partial charge is 0.0267 e. The van der Waals surface area contributed by atoms with Crippen LogP contribution in [-0.2, 0) is 17.7 Å². The van der Waals surface area contributed by atoms with Gasteiger partial charge in [-0.15, -0.1) is 0 Å². The molecule has 1 aliphatic heterocycles. The standard InChI is InChI=1S/C19H16N2.C5H5N.2HI.Pt/c1-20-10-11-21(14-20)13-19-17-8-4-2-6-15(17)12-16-7-3-5-9-18(16)19;1-2-4-6-5-3-1;;;/h2-12H,13H2,1H3;1-5H;2*1H;/q;;;;+2/p-2. The van der Waals surface area contributed by atoms with Crippen molar-refractivity contribution >= 4 is 60.3 Å². The van der Waals surface area contributed by atoms with Crippen molar-refractivity contribution in [3.8, 4) is 0 Å². The molecule has 2 radical (unpaired) electrons. The number of benzene rings is 3. The number of halogens is 2. The monoisotopic (exact) mass is 800 g/mol. The summed E-state index contributed by atoms with van der Waals surface area (Å²) in [5, 5.41) is 5.23. The predicted molar refractivity (Wildman–Crippen MR) is 139 cm³/mol. The molecule has 156 valence electrons. The third kappa shape index (κ3) is 6.66. The van der Waals surface area contributed by atoms with Crippen molar-refractivity contribution in [2.24, 2.45) is 0 Å². The Kier molecular flexibility index (Phi) is 9.88. The van der Waals surface area contributed by atoms with E-state index in [4.69, 9.17) is 0 Å². The zero-order chi connectivity index (χ0) is 21.2. The van der Waals surface area contributed by atoms with Crippen LogP contribution in [0.1, 0.15) is 5.56 Å². The van der Waals surface area contributed by atoms with Crippen LogP contribution in [0.25, 0.3) is 21.5 Å². The average molecular weight is 800 g/mol. The summed E-state index contributed by atoms with van der Waals surface area (Å²) >= 11 is 5.30. The number of hydrogen-bond acceptors (Lipinski definition) is 3. The fourth-order valence-corrected chi connectivity index (χ4v) is 3.30. The first kappa shape index (κ1) is 23.5. The summed E-state index contributed by atoms with van der Waals surface area (Å²) in [7, 11) is 2.00. The van der Waals surface area contributed by atoms with Gasteiger partial charge in [0.2, 0.25) is 6.67 Å². The molecular weight excluding hydrogens is 779 g/mol. The molecule has 3 nitrogen and oxygen atoms in total. The van der Waals surface area contributed by atoms with Gasteiger partial charge < -0.3 is 9.80 Å². The van der Waals surface area contributed by atoms with E-state index in [1.54, 1.807) is 12.4 Å². The molecule has 0 saturated heterocycles. The Morgan fingerprint density at radius 2 is 1.40 bits per heavy atom. The zero-order valence-electron chi connectivity index (χ0n) is 16.4. The molecule has 30 heavy (non-hydrogen) atoms. The number of nitrogens with zero attached hydrogens (tertiary/aromatic N) is 3. The summed E-state index contributed by atoms with van der Waals surface area (Å²) in [6, 6.07) is 25.2. The minimum absolute atomic E-state index is 0.523. The molecule has 2 heterocycles. The molecular formula is C24H21I2N3Pt. The van der Waals surface area contributed by atoms with Crippen LogP contribution in [0, 0.1) is 6.67 Å². The maximum atomic E-state index is 3.78. The molecule has 0 saturated carbocycles. The van der Waals surface area contributed by atoms with Crippen molar-refractivity contribution in [1.29, 1.82) is 0 Å². The van der Waals surface area contributed by atoms with Crippen LogP contribution in [0.15, 0.2) is 97.6 Å². The third-order valence-electron chi connectivity index (χ3n) is 4.53. The molecule has 1 aliphatic rings. The number of rotatable bonds is 2. The van der Waals surface area contributed by atoms with E-state index < -0.39 is 0 Å². The fraction of sp³-hybridized carbons (Fsp3) is 0.0833. The summed E-state index contributed by atoms with van der Waals surface area (Å²) in [4.78, 5) is 7.84. The van der Waals surface area contributed by atoms with Gasteiger partial charge in [0, 0.05) is 38.4 Å². The Balaban J connectivity index is 0.000000239. The SMILES string of the molecule is CN1[C]N(Cc2c3ccccc3cc3ccccc23)C=C1.[I][Pt][I].c1ccncc1. The minimum atomic E-state index is 0.523. The molecule has 0 atom stereocenters. The molecule has 0 bridgehead atoms. The van der Waals surface area contributed by atoms with Crippen molar-refractivity contribution in [2.45, 2.75) is 6.54 Å². The van der Waals surface area contributed by atoms with Crippen molar-refractivity contribution in [1.82, 2.24) is 14.8 Å². The minimum Gasteiger partial charge on any atom is -0.265 e. The molecule has 0 fully saturated rings. The van der Waals surface area contributed by atoms with Gasteiger partial charge in [0.25, 0.3) is 0 Å². The molecule has 0 N–H and O–H groups in total. The van der Waals surface area contributed by atoms with Crippen LogP contribution >= 0.6 is 38.7 Å². The van der Waals surface area contributed by atoms with Gasteiger partial charge in [-0.25, -0.2) is 0 Å². The van der Waals surface area contributed by atoms with Gasteiger partial charge >= 0.3 is 49.9 Å². The van der Waals surface area contributed by atoms with E-state index in [1.165, 1.54) is 27.1 Å². The van der Waals surface area contributed by atoms with E-state index in [2.05, 4.69) is 116 Å². The third-order valence-corrected chi connectivity index (χ3v) is 4.53. The van der Waals surface area contributed by atoms with Crippen molar-refractivity contribution in [3.05, 3.63) is 110 Å². The molecule has 1 aromatic heterocycles. The first-order valence-corrected chi connectivity index (χ1v) is 22.1. The summed E-state index contributed by atoms with van der Waals surface area (Å²) < 4.78 is 0. The van der Waals surface area contributed by atoms with Crippen molar-refractivity contribution in [2.75, 3.05) is 7.05 Å². The van der Waals surface area contributed by atoms with Gasteiger partial charge in [-0.3, -0.25) is 4.98 Å². The number of fused-ring (bicyclic) bond motifs is 2. The van der Waals surface area contributed by atoms with E-state index in [0.29, 0.717) is 11.2 Å². The molecule has 4 aromatic rings. The van der Waals surface area contributed by atoms with Crippen LogP contribution in [0.5, 0.6) is 0 Å². The van der Waals surface area contributed by atoms with Gasteiger partial charge in [-0.2, -0.15) is 0 Å². The quantitative estimate of drug-likeness (QED) is 0.160. The number of hydrogen-bond donors (Lipinski definition) is 0. The van der Waals surface area contributed by atoms with Crippen molar-refractivity contribution in [3.63, 3.8) is 0 Å². The van der Waals surface area contributed by atoms with Gasteiger partial charge in [0.05, 0.1) is 0 Å². The van der Waals surface area contributed by atoms with Gasteiger partial charge in [0.15, 0.2) is 0 Å². The predicted octanol–water partition coefficient (Wildman–Crippen LogP) is 7.06. The molecule has 0 aliphatic carbocycles. The Morgan fingerprint density at radius 1 is 0.833 bits per heavy atom. The number of aromatic nitrogens is 1. The Hall–Kier alpha value is -1.18. The van der Waals surface area contributed by atoms with Crippen LogP contribution in [0.4, 0.5) is 0 Å². The molecule has 0 amide bonds. The summed E-state index contributed by atoms with van der Waals surface area (Å²) in [6.07, 6.45) is 7.59. The first-order valence-electron chi connectivity index (χ1n) is 9.23. The molecule has 5 rings (SSSR count). The second-order valence-corrected chi connectivity index (χ2v) is 23.1. The van der Waals surface area contributed by atoms with Gasteiger partial charge in [-0.05, 0) is 45.3 Å². The number of pyridine rings is 1. The van der Waals surface area contributed by atoms with Gasteiger partial charge in [0.1, 0.15) is 0 Å². The van der Waals surface area contributed by atoms with E-state index in [1.807, 2.05) is 36.3 Å². The zero-order valence-corrected chi connectivity index (χ0v) is 22.9. The largest absolute Gasteiger partial charge is 0.265 e. The van der Waals surface area contributed by atoms with Gasteiger partial charge in [-0.1, -0.05) is 54.6 Å². The molecule has 0 spiro atoms. The average Bonchev–Trinajstić information content (AvgIpc) is 3.20. The maximum Gasteiger partial charge on any atom is 0.0267 e. The first-order chi connectivity index (χ1) is 14.7. The topological polar surface area (TPSA) is 19.4 Å². The van der Waals surface area contributed by atoms with E-state index in [0.717, 1.165) is 6.54 Å². The van der Waals surface area contributed by atoms with E-state index in [-0.39, 0.29) is 0 Å². The Bertz CT molecular complexity index is 1010. The van der Waals surface area contributed by atoms with Crippen LogP contribution < -0.4 is 0 Å². The molecule has 3 aromatic carbocycles. The van der Waals surface area contributed by atoms with Crippen molar-refractivity contribution < 1.29 is 11.2 Å². The molecule has 6 heteroatoms. The summed E-state index contributed by atoms with van der Waals surface area (Å²) in [5.74, 6) is 0. The van der Waals surface area contributed by atoms with Crippen LogP contribution in [0.3, 0.4) is 0 Å². The second kappa shape index (κ2) is 12.6. The van der Waals surface area contributed by atoms with Crippen LogP contribution in [-0.4, -0.2) is 21.8 Å². The Labute approximate surface area is 207 Å². The second-order valence-electron chi connectivity index (χ2n) is 6.50. The Morgan fingerprint density at radius 3 is 1.83 bits per heavy atom.